The van der Waals surface area contributed by atoms with Gasteiger partial charge in [0.15, 0.2) is 0 Å². The number of nitrogens with one attached hydrogen (secondary N) is 1. The summed E-state index contributed by atoms with van der Waals surface area (Å²) in [5, 5.41) is 3.59. The molecule has 2 nitrogen and oxygen atoms in total. The van der Waals surface area contributed by atoms with E-state index in [4.69, 9.17) is 0 Å². The largest absolute Gasteiger partial charge is 0.313 e. The number of likely N-dealkylation sites (N-methyl/N-ethyl adjacent to an activating group) is 1. The van der Waals surface area contributed by atoms with E-state index in [2.05, 4.69) is 30.6 Å². The fourth-order valence-electron chi connectivity index (χ4n) is 2.10. The van der Waals surface area contributed by atoms with Crippen LogP contribution in [-0.4, -0.2) is 36.6 Å². The van der Waals surface area contributed by atoms with Crippen LogP contribution in [0.4, 0.5) is 0 Å². The Morgan fingerprint density at radius 3 is 2.86 bits per heavy atom. The van der Waals surface area contributed by atoms with E-state index in [9.17, 15) is 0 Å². The van der Waals surface area contributed by atoms with Crippen molar-refractivity contribution in [3.05, 3.63) is 12.7 Å². The van der Waals surface area contributed by atoms with Gasteiger partial charge < -0.3 is 5.32 Å². The summed E-state index contributed by atoms with van der Waals surface area (Å²) in [6.07, 6.45) is 6.10. The molecule has 1 heterocycles. The zero-order valence-electron chi connectivity index (χ0n) is 9.63. The number of nitrogens with zero attached hydrogens (tertiary/aromatic N) is 1. The van der Waals surface area contributed by atoms with Crippen molar-refractivity contribution in [2.75, 3.05) is 19.6 Å². The number of rotatable bonds is 5. The van der Waals surface area contributed by atoms with Gasteiger partial charge in [0.25, 0.3) is 0 Å². The van der Waals surface area contributed by atoms with Gasteiger partial charge in [0.2, 0.25) is 0 Å². The zero-order chi connectivity index (χ0) is 10.4. The maximum absolute atomic E-state index is 3.86. The molecule has 2 unspecified atom stereocenters. The lowest BCUT2D eigenvalue weighted by Crippen LogP contribution is -2.46. The quantitative estimate of drug-likeness (QED) is 0.677. The molecule has 0 aromatic carbocycles. The smallest absolute Gasteiger partial charge is 0.0247 e. The van der Waals surface area contributed by atoms with E-state index >= 15 is 0 Å². The standard InChI is InChI=1S/C12H24N2/c1-4-11(3)14(5-2)10-12-8-6-7-9-13-12/h4,11-13H,1,5-10H2,2-3H3. The van der Waals surface area contributed by atoms with Gasteiger partial charge in [-0.2, -0.15) is 0 Å². The van der Waals surface area contributed by atoms with Crippen LogP contribution in [0.1, 0.15) is 33.1 Å². The van der Waals surface area contributed by atoms with Crippen molar-refractivity contribution in [3.63, 3.8) is 0 Å². The zero-order valence-corrected chi connectivity index (χ0v) is 9.63. The molecule has 1 saturated heterocycles. The molecule has 0 spiro atoms. The van der Waals surface area contributed by atoms with Gasteiger partial charge in [-0.05, 0) is 32.9 Å². The van der Waals surface area contributed by atoms with Gasteiger partial charge in [0.05, 0.1) is 0 Å². The van der Waals surface area contributed by atoms with Gasteiger partial charge in [0.1, 0.15) is 0 Å². The Morgan fingerprint density at radius 1 is 1.57 bits per heavy atom. The predicted octanol–water partition coefficient (Wildman–Crippen LogP) is 2.02. The molecule has 0 bridgehead atoms. The predicted molar refractivity (Wildman–Crippen MR) is 62.5 cm³/mol. The highest BCUT2D eigenvalue weighted by Crippen LogP contribution is 2.10. The topological polar surface area (TPSA) is 15.3 Å². The molecule has 14 heavy (non-hydrogen) atoms. The monoisotopic (exact) mass is 196 g/mol. The van der Waals surface area contributed by atoms with Crippen LogP contribution in [0.3, 0.4) is 0 Å². The van der Waals surface area contributed by atoms with Crippen LogP contribution in [0.25, 0.3) is 0 Å². The van der Waals surface area contributed by atoms with Gasteiger partial charge in [-0.1, -0.05) is 19.4 Å². The Balaban J connectivity index is 2.34. The molecule has 2 atom stereocenters. The van der Waals surface area contributed by atoms with Gasteiger partial charge in [-0.3, -0.25) is 4.90 Å². The van der Waals surface area contributed by atoms with Crippen LogP contribution in [0.2, 0.25) is 0 Å². The van der Waals surface area contributed by atoms with Crippen LogP contribution >= 0.6 is 0 Å². The Bertz CT molecular complexity index is 162. The van der Waals surface area contributed by atoms with Crippen molar-refractivity contribution >= 4 is 0 Å². The third kappa shape index (κ3) is 3.43. The summed E-state index contributed by atoms with van der Waals surface area (Å²) in [6, 6.07) is 1.20. The molecule has 0 radical (unpaired) electrons. The highest BCUT2D eigenvalue weighted by atomic mass is 15.2. The Labute approximate surface area is 88.4 Å². The van der Waals surface area contributed by atoms with Gasteiger partial charge in [-0.25, -0.2) is 0 Å². The lowest BCUT2D eigenvalue weighted by Gasteiger charge is -2.32. The molecule has 1 N–H and O–H groups in total. The summed E-state index contributed by atoms with van der Waals surface area (Å²) in [7, 11) is 0. The fraction of sp³-hybridized carbons (Fsp3) is 0.833. The van der Waals surface area contributed by atoms with E-state index in [0.717, 1.165) is 6.54 Å². The second-order valence-electron chi connectivity index (χ2n) is 4.21. The molecule has 0 amide bonds. The van der Waals surface area contributed by atoms with Crippen molar-refractivity contribution in [3.8, 4) is 0 Å². The minimum atomic E-state index is 0.503. The maximum atomic E-state index is 3.86. The summed E-state index contributed by atoms with van der Waals surface area (Å²) in [4.78, 5) is 2.48. The number of hydrogen-bond donors (Lipinski definition) is 1. The molecule has 0 aromatic rings. The first-order valence-corrected chi connectivity index (χ1v) is 5.88. The molecular weight excluding hydrogens is 172 g/mol. The Kier molecular flexibility index (Phi) is 5.20. The average molecular weight is 196 g/mol. The first-order valence-electron chi connectivity index (χ1n) is 5.88. The SMILES string of the molecule is C=CC(C)N(CC)CC1CCCCN1. The molecule has 1 fully saturated rings. The highest BCUT2D eigenvalue weighted by Gasteiger charge is 2.17. The van der Waals surface area contributed by atoms with E-state index in [1.165, 1.54) is 32.4 Å². The van der Waals surface area contributed by atoms with Gasteiger partial charge >= 0.3 is 0 Å². The summed E-state index contributed by atoms with van der Waals surface area (Å²) in [5.74, 6) is 0. The highest BCUT2D eigenvalue weighted by molar-refractivity contribution is 4.86. The Hall–Kier alpha value is -0.340. The van der Waals surface area contributed by atoms with Crippen LogP contribution in [0, 0.1) is 0 Å². The van der Waals surface area contributed by atoms with E-state index in [1.54, 1.807) is 0 Å². The lowest BCUT2D eigenvalue weighted by molar-refractivity contribution is 0.209. The summed E-state index contributed by atoms with van der Waals surface area (Å²) in [6.45, 7) is 11.8. The molecule has 0 saturated carbocycles. The van der Waals surface area contributed by atoms with Crippen LogP contribution in [-0.2, 0) is 0 Å². The lowest BCUT2D eigenvalue weighted by atomic mass is 10.0. The van der Waals surface area contributed by atoms with Crippen LogP contribution in [0.5, 0.6) is 0 Å². The number of hydrogen-bond acceptors (Lipinski definition) is 2. The van der Waals surface area contributed by atoms with Crippen molar-refractivity contribution in [1.29, 1.82) is 0 Å². The van der Waals surface area contributed by atoms with Crippen molar-refractivity contribution in [1.82, 2.24) is 10.2 Å². The van der Waals surface area contributed by atoms with Crippen LogP contribution < -0.4 is 5.32 Å². The third-order valence-corrected chi connectivity index (χ3v) is 3.19. The molecule has 2 heteroatoms. The summed E-state index contributed by atoms with van der Waals surface area (Å²) < 4.78 is 0. The van der Waals surface area contributed by atoms with Crippen molar-refractivity contribution < 1.29 is 0 Å². The van der Waals surface area contributed by atoms with Crippen molar-refractivity contribution in [2.45, 2.75) is 45.2 Å². The van der Waals surface area contributed by atoms with E-state index in [0.29, 0.717) is 12.1 Å². The fourth-order valence-corrected chi connectivity index (χ4v) is 2.10. The number of piperidine rings is 1. The first-order chi connectivity index (χ1) is 6.77. The first kappa shape index (κ1) is 11.7. The Morgan fingerprint density at radius 2 is 2.36 bits per heavy atom. The normalized spacial score (nSPS) is 24.9. The minimum Gasteiger partial charge on any atom is -0.313 e. The summed E-state index contributed by atoms with van der Waals surface area (Å²) in [5.41, 5.74) is 0. The van der Waals surface area contributed by atoms with Gasteiger partial charge in [-0.15, -0.1) is 6.58 Å². The average Bonchev–Trinajstić information content (AvgIpc) is 2.26. The second kappa shape index (κ2) is 6.20. The molecular formula is C12H24N2. The second-order valence-corrected chi connectivity index (χ2v) is 4.21. The minimum absolute atomic E-state index is 0.503. The van der Waals surface area contributed by atoms with E-state index < -0.39 is 0 Å². The molecule has 1 aliphatic rings. The summed E-state index contributed by atoms with van der Waals surface area (Å²) >= 11 is 0. The van der Waals surface area contributed by atoms with E-state index in [1.807, 2.05) is 6.08 Å². The van der Waals surface area contributed by atoms with Crippen molar-refractivity contribution in [2.24, 2.45) is 0 Å². The maximum Gasteiger partial charge on any atom is 0.0247 e. The van der Waals surface area contributed by atoms with Crippen LogP contribution in [0.15, 0.2) is 12.7 Å². The molecule has 82 valence electrons. The molecule has 1 aliphatic heterocycles. The molecule has 1 rings (SSSR count). The molecule has 0 aliphatic carbocycles. The van der Waals surface area contributed by atoms with E-state index in [-0.39, 0.29) is 0 Å². The van der Waals surface area contributed by atoms with Gasteiger partial charge in [0, 0.05) is 18.6 Å². The molecule has 0 aromatic heterocycles. The third-order valence-electron chi connectivity index (χ3n) is 3.19.